The third-order valence-electron chi connectivity index (χ3n) is 5.83. The number of anilines is 1. The lowest BCUT2D eigenvalue weighted by Crippen LogP contribution is -2.31. The van der Waals surface area contributed by atoms with Crippen molar-refractivity contribution in [2.75, 3.05) is 18.4 Å². The highest BCUT2D eigenvalue weighted by Crippen LogP contribution is 2.26. The van der Waals surface area contributed by atoms with Crippen LogP contribution in [0.25, 0.3) is 11.3 Å². The van der Waals surface area contributed by atoms with Crippen molar-refractivity contribution in [3.8, 4) is 11.3 Å². The molecular formula is C26H32N4O4S. The number of nitrogens with zero attached hydrogens (tertiary/aromatic N) is 3. The first-order valence-electron chi connectivity index (χ1n) is 11.7. The van der Waals surface area contributed by atoms with Crippen LogP contribution in [-0.2, 0) is 21.4 Å². The Morgan fingerprint density at radius 2 is 1.69 bits per heavy atom. The number of nitrogens with one attached hydrogen (secondary N) is 1. The van der Waals surface area contributed by atoms with Crippen LogP contribution in [0.15, 0.2) is 64.3 Å². The zero-order valence-electron chi connectivity index (χ0n) is 20.8. The molecule has 1 heterocycles. The van der Waals surface area contributed by atoms with Gasteiger partial charge >= 0.3 is 0 Å². The van der Waals surface area contributed by atoms with E-state index in [-0.39, 0.29) is 17.3 Å². The van der Waals surface area contributed by atoms with E-state index in [4.69, 9.17) is 0 Å². The zero-order chi connectivity index (χ0) is 25.8. The minimum atomic E-state index is -3.67. The molecule has 0 aliphatic rings. The van der Waals surface area contributed by atoms with Crippen molar-refractivity contribution in [1.29, 1.82) is 0 Å². The van der Waals surface area contributed by atoms with Crippen LogP contribution in [0, 0.1) is 6.92 Å². The van der Waals surface area contributed by atoms with Crippen LogP contribution >= 0.6 is 0 Å². The fourth-order valence-electron chi connectivity index (χ4n) is 3.74. The van der Waals surface area contributed by atoms with Gasteiger partial charge in [0.05, 0.1) is 10.6 Å². The first-order valence-corrected chi connectivity index (χ1v) is 13.1. The van der Waals surface area contributed by atoms with E-state index in [1.165, 1.54) is 16.4 Å². The van der Waals surface area contributed by atoms with Gasteiger partial charge in [0.25, 0.3) is 5.56 Å². The summed E-state index contributed by atoms with van der Waals surface area (Å²) >= 11 is 0. The van der Waals surface area contributed by atoms with Crippen molar-refractivity contribution < 1.29 is 13.2 Å². The summed E-state index contributed by atoms with van der Waals surface area (Å²) in [5.41, 5.74) is 2.93. The van der Waals surface area contributed by atoms with Crippen LogP contribution in [0.1, 0.15) is 44.7 Å². The maximum Gasteiger partial charge on any atom is 0.267 e. The lowest BCUT2D eigenvalue weighted by atomic mass is 10.0. The van der Waals surface area contributed by atoms with Gasteiger partial charge in [0.1, 0.15) is 6.54 Å². The Kier molecular flexibility index (Phi) is 8.24. The van der Waals surface area contributed by atoms with Crippen LogP contribution in [-0.4, -0.2) is 41.5 Å². The summed E-state index contributed by atoms with van der Waals surface area (Å²) in [4.78, 5) is 25.1. The molecule has 0 fully saturated rings. The summed E-state index contributed by atoms with van der Waals surface area (Å²) in [5, 5.41) is 7.12. The highest BCUT2D eigenvalue weighted by atomic mass is 32.2. The number of hydrogen-bond donors (Lipinski definition) is 1. The molecule has 0 spiro atoms. The average Bonchev–Trinajstić information content (AvgIpc) is 2.81. The van der Waals surface area contributed by atoms with Crippen molar-refractivity contribution in [1.82, 2.24) is 14.1 Å². The summed E-state index contributed by atoms with van der Waals surface area (Å²) in [6.45, 7) is 9.97. The molecule has 35 heavy (non-hydrogen) atoms. The van der Waals surface area contributed by atoms with Crippen molar-refractivity contribution in [2.24, 2.45) is 0 Å². The van der Waals surface area contributed by atoms with E-state index in [0.717, 1.165) is 10.2 Å². The molecule has 0 bridgehead atoms. The Balaban J connectivity index is 1.87. The monoisotopic (exact) mass is 496 g/mol. The van der Waals surface area contributed by atoms with Crippen molar-refractivity contribution in [3.05, 3.63) is 76.1 Å². The summed E-state index contributed by atoms with van der Waals surface area (Å²) in [6.07, 6.45) is 0. The molecule has 0 aliphatic heterocycles. The molecule has 3 rings (SSSR count). The second kappa shape index (κ2) is 11.0. The van der Waals surface area contributed by atoms with Crippen LogP contribution in [0.2, 0.25) is 0 Å². The number of amides is 1. The predicted molar refractivity (Wildman–Crippen MR) is 138 cm³/mol. The van der Waals surface area contributed by atoms with Gasteiger partial charge in [-0.05, 0) is 48.2 Å². The molecule has 0 saturated heterocycles. The van der Waals surface area contributed by atoms with E-state index in [2.05, 4.69) is 24.3 Å². The van der Waals surface area contributed by atoms with E-state index in [1.807, 2.05) is 24.3 Å². The van der Waals surface area contributed by atoms with Crippen LogP contribution in [0.3, 0.4) is 0 Å². The van der Waals surface area contributed by atoms with Gasteiger partial charge in [-0.25, -0.2) is 13.1 Å². The molecule has 2 aromatic carbocycles. The number of carbonyl (C=O) groups excluding carboxylic acids is 1. The minimum absolute atomic E-state index is 0.195. The highest BCUT2D eigenvalue weighted by molar-refractivity contribution is 7.89. The second-order valence-electron chi connectivity index (χ2n) is 8.61. The number of aromatic nitrogens is 2. The zero-order valence-corrected chi connectivity index (χ0v) is 21.6. The number of hydrogen-bond acceptors (Lipinski definition) is 5. The Bertz CT molecular complexity index is 1360. The van der Waals surface area contributed by atoms with Gasteiger partial charge in [-0.3, -0.25) is 9.59 Å². The molecule has 0 aliphatic carbocycles. The van der Waals surface area contributed by atoms with Gasteiger partial charge in [0.15, 0.2) is 0 Å². The van der Waals surface area contributed by atoms with E-state index in [9.17, 15) is 18.0 Å². The third kappa shape index (κ3) is 6.04. The maximum atomic E-state index is 13.1. The van der Waals surface area contributed by atoms with Gasteiger partial charge in [0.2, 0.25) is 15.9 Å². The van der Waals surface area contributed by atoms with Gasteiger partial charge in [-0.15, -0.1) is 0 Å². The Morgan fingerprint density at radius 1 is 1.03 bits per heavy atom. The van der Waals surface area contributed by atoms with Crippen molar-refractivity contribution >= 4 is 21.6 Å². The molecule has 0 atom stereocenters. The van der Waals surface area contributed by atoms with Gasteiger partial charge in [-0.2, -0.15) is 9.40 Å². The number of aryl methyl sites for hydroxylation is 1. The van der Waals surface area contributed by atoms with E-state index in [0.29, 0.717) is 41.5 Å². The third-order valence-corrected chi connectivity index (χ3v) is 8.02. The summed E-state index contributed by atoms with van der Waals surface area (Å²) < 4.78 is 28.7. The summed E-state index contributed by atoms with van der Waals surface area (Å²) in [5.74, 6) is -0.00248. The van der Waals surface area contributed by atoms with Crippen LogP contribution in [0.4, 0.5) is 5.69 Å². The topological polar surface area (TPSA) is 101 Å². The Labute approximate surface area is 206 Å². The molecule has 9 heteroatoms. The average molecular weight is 497 g/mol. The number of rotatable bonds is 9. The largest absolute Gasteiger partial charge is 0.324 e. The fraction of sp³-hybridized carbons (Fsp3) is 0.346. The standard InChI is InChI=1S/C26H32N4O4S/c1-6-29(7-2)35(33,34)24-16-21(9-8-19(24)5)23-14-15-26(32)30(28-23)17-25(31)27-22-12-10-20(11-13-22)18(3)4/h8-16,18H,6-7,17H2,1-5H3,(H,27,31). The van der Waals surface area contributed by atoms with Gasteiger partial charge in [-0.1, -0.05) is 52.0 Å². The van der Waals surface area contributed by atoms with E-state index >= 15 is 0 Å². The normalized spacial score (nSPS) is 11.7. The van der Waals surface area contributed by atoms with Gasteiger partial charge in [0, 0.05) is 30.4 Å². The van der Waals surface area contributed by atoms with E-state index in [1.54, 1.807) is 39.0 Å². The quantitative estimate of drug-likeness (QED) is 0.482. The number of benzene rings is 2. The molecule has 3 aromatic rings. The second-order valence-corrected chi connectivity index (χ2v) is 10.5. The molecule has 0 unspecified atom stereocenters. The van der Waals surface area contributed by atoms with Crippen LogP contribution < -0.4 is 10.9 Å². The van der Waals surface area contributed by atoms with Crippen molar-refractivity contribution in [2.45, 2.75) is 52.0 Å². The first kappa shape index (κ1) is 26.3. The van der Waals surface area contributed by atoms with E-state index < -0.39 is 15.6 Å². The van der Waals surface area contributed by atoms with Gasteiger partial charge < -0.3 is 5.32 Å². The summed E-state index contributed by atoms with van der Waals surface area (Å²) in [7, 11) is -3.67. The molecule has 0 radical (unpaired) electrons. The molecule has 8 nitrogen and oxygen atoms in total. The number of carbonyl (C=O) groups is 1. The highest BCUT2D eigenvalue weighted by Gasteiger charge is 2.24. The first-order chi connectivity index (χ1) is 16.6. The van der Waals surface area contributed by atoms with Crippen LogP contribution in [0.5, 0.6) is 0 Å². The smallest absolute Gasteiger partial charge is 0.267 e. The molecular weight excluding hydrogens is 464 g/mol. The predicted octanol–water partition coefficient (Wildman–Crippen LogP) is 4.01. The maximum absolute atomic E-state index is 13.1. The molecule has 1 aromatic heterocycles. The van der Waals surface area contributed by atoms with Crippen molar-refractivity contribution in [3.63, 3.8) is 0 Å². The Hall–Kier alpha value is -3.30. The molecule has 1 N–H and O–H groups in total. The Morgan fingerprint density at radius 3 is 2.29 bits per heavy atom. The number of sulfonamides is 1. The molecule has 186 valence electrons. The molecule has 1 amide bonds. The summed E-state index contributed by atoms with van der Waals surface area (Å²) in [6, 6.07) is 15.4. The molecule has 0 saturated carbocycles. The SMILES string of the molecule is CCN(CC)S(=O)(=O)c1cc(-c2ccc(=O)n(CC(=O)Nc3ccc(C(C)C)cc3)n2)ccc1C. The minimum Gasteiger partial charge on any atom is -0.324 e. The lowest BCUT2D eigenvalue weighted by molar-refractivity contribution is -0.117. The lowest BCUT2D eigenvalue weighted by Gasteiger charge is -2.20. The fourth-order valence-corrected chi connectivity index (χ4v) is 5.45.